The van der Waals surface area contributed by atoms with E-state index in [1.807, 2.05) is 24.3 Å². The highest BCUT2D eigenvalue weighted by atomic mass is 16.5. The minimum Gasteiger partial charge on any atom is -0.488 e. The van der Waals surface area contributed by atoms with Gasteiger partial charge in [-0.1, -0.05) is 171 Å². The molecule has 1 aliphatic heterocycles. The van der Waals surface area contributed by atoms with Crippen LogP contribution in [-0.2, 0) is 38.1 Å². The van der Waals surface area contributed by atoms with Crippen molar-refractivity contribution in [1.82, 2.24) is 30.1 Å². The first-order valence-corrected chi connectivity index (χ1v) is 19.8. The lowest BCUT2D eigenvalue weighted by Crippen LogP contribution is -2.39. The van der Waals surface area contributed by atoms with Gasteiger partial charge in [0.15, 0.2) is 5.54 Å². The molecule has 7 nitrogen and oxygen atoms in total. The predicted octanol–water partition coefficient (Wildman–Crippen LogP) is 9.94. The standard InChI is InChI=1S/C50H44N6O/c1-2-43-33-48(46-35-55(31-30-47(46)51-43)34-37-18-8-3-9-19-37)57-36-38-28-29-44(39-20-10-4-11-21-39)45(32-38)49-52-54-56(53-49)50(40-22-12-5-13-23-40,41-24-14-6-15-25-41)42-26-16-7-17-27-42/h3-29,32-33H,2,30-31,34-36H2,1H3. The molecule has 0 aliphatic carbocycles. The van der Waals surface area contributed by atoms with E-state index in [-0.39, 0.29) is 0 Å². The van der Waals surface area contributed by atoms with Crippen molar-refractivity contribution in [2.45, 2.75) is 45.0 Å². The average molecular weight is 745 g/mol. The lowest BCUT2D eigenvalue weighted by Gasteiger charge is -2.34. The van der Waals surface area contributed by atoms with Gasteiger partial charge in [-0.05, 0) is 56.6 Å². The molecule has 0 N–H and O–H groups in total. The van der Waals surface area contributed by atoms with E-state index in [0.29, 0.717) is 12.4 Å². The Morgan fingerprint density at radius 2 is 1.23 bits per heavy atom. The van der Waals surface area contributed by atoms with Crippen LogP contribution in [0.25, 0.3) is 22.5 Å². The Bertz CT molecular complexity index is 2460. The Balaban J connectivity index is 1.10. The third-order valence-corrected chi connectivity index (χ3v) is 11.0. The first-order valence-electron chi connectivity index (χ1n) is 19.8. The molecule has 0 spiro atoms. The fraction of sp³-hybridized carbons (Fsp3) is 0.160. The molecule has 0 atom stereocenters. The number of aryl methyl sites for hydroxylation is 1. The van der Waals surface area contributed by atoms with Crippen molar-refractivity contribution in [3.63, 3.8) is 0 Å². The van der Waals surface area contributed by atoms with Gasteiger partial charge < -0.3 is 4.74 Å². The molecule has 0 radical (unpaired) electrons. The van der Waals surface area contributed by atoms with E-state index in [4.69, 9.17) is 25.1 Å². The molecule has 2 aromatic heterocycles. The Morgan fingerprint density at radius 3 is 1.84 bits per heavy atom. The maximum atomic E-state index is 6.77. The van der Waals surface area contributed by atoms with Gasteiger partial charge in [0.25, 0.3) is 0 Å². The summed E-state index contributed by atoms with van der Waals surface area (Å²) in [6.45, 7) is 5.21. The summed E-state index contributed by atoms with van der Waals surface area (Å²) >= 11 is 0. The van der Waals surface area contributed by atoms with Crippen LogP contribution in [0.1, 0.15) is 51.7 Å². The van der Waals surface area contributed by atoms with Gasteiger partial charge in [-0.15, -0.1) is 15.0 Å². The summed E-state index contributed by atoms with van der Waals surface area (Å²) in [6, 6.07) is 61.0. The SMILES string of the molecule is CCc1cc(OCc2ccc(-c3ccccc3)c(-c3nnn(C(c4ccccc4)(c4ccccc4)c4ccccc4)n3)c2)c2c(n1)CCN(Cc1ccccc1)C2. The summed E-state index contributed by atoms with van der Waals surface area (Å²) < 4.78 is 6.77. The number of fused-ring (bicyclic) bond motifs is 1. The Kier molecular flexibility index (Phi) is 10.2. The number of nitrogens with zero attached hydrogens (tertiary/aromatic N) is 6. The maximum absolute atomic E-state index is 6.77. The van der Waals surface area contributed by atoms with Gasteiger partial charge in [-0.2, -0.15) is 0 Å². The molecule has 6 aromatic carbocycles. The fourth-order valence-electron chi connectivity index (χ4n) is 8.13. The van der Waals surface area contributed by atoms with E-state index in [2.05, 4.69) is 163 Å². The van der Waals surface area contributed by atoms with E-state index in [0.717, 1.165) is 88.6 Å². The van der Waals surface area contributed by atoms with Gasteiger partial charge in [0.2, 0.25) is 5.82 Å². The van der Waals surface area contributed by atoms with Gasteiger partial charge in [0.05, 0.1) is 5.69 Å². The fourth-order valence-corrected chi connectivity index (χ4v) is 8.13. The van der Waals surface area contributed by atoms with Crippen LogP contribution in [0.5, 0.6) is 5.75 Å². The molecular weight excluding hydrogens is 701 g/mol. The van der Waals surface area contributed by atoms with Crippen molar-refractivity contribution in [1.29, 1.82) is 0 Å². The molecule has 0 unspecified atom stereocenters. The number of tetrazole rings is 1. The highest BCUT2D eigenvalue weighted by Crippen LogP contribution is 2.41. The summed E-state index contributed by atoms with van der Waals surface area (Å²) in [7, 11) is 0. The molecule has 280 valence electrons. The number of rotatable bonds is 12. The third-order valence-electron chi connectivity index (χ3n) is 11.0. The van der Waals surface area contributed by atoms with E-state index in [9.17, 15) is 0 Å². The third kappa shape index (κ3) is 7.26. The van der Waals surface area contributed by atoms with Crippen molar-refractivity contribution >= 4 is 0 Å². The van der Waals surface area contributed by atoms with E-state index in [1.54, 1.807) is 4.80 Å². The number of ether oxygens (including phenoxy) is 1. The highest BCUT2D eigenvalue weighted by molar-refractivity contribution is 5.81. The molecule has 0 fully saturated rings. The van der Waals surface area contributed by atoms with Crippen LogP contribution in [0, 0.1) is 0 Å². The maximum Gasteiger partial charge on any atom is 0.205 e. The van der Waals surface area contributed by atoms with Crippen LogP contribution in [-0.4, -0.2) is 36.6 Å². The van der Waals surface area contributed by atoms with Crippen molar-refractivity contribution in [3.8, 4) is 28.3 Å². The summed E-state index contributed by atoms with van der Waals surface area (Å²) in [5.74, 6) is 1.44. The predicted molar refractivity (Wildman–Crippen MR) is 226 cm³/mol. The molecular formula is C50H44N6O. The Morgan fingerprint density at radius 1 is 0.632 bits per heavy atom. The van der Waals surface area contributed by atoms with Crippen LogP contribution in [0.15, 0.2) is 176 Å². The van der Waals surface area contributed by atoms with Gasteiger partial charge in [0, 0.05) is 48.9 Å². The van der Waals surface area contributed by atoms with Crippen LogP contribution in [0.4, 0.5) is 0 Å². The molecule has 0 saturated carbocycles. The minimum absolute atomic E-state index is 0.385. The lowest BCUT2D eigenvalue weighted by molar-refractivity contribution is 0.230. The largest absolute Gasteiger partial charge is 0.488 e. The van der Waals surface area contributed by atoms with Gasteiger partial charge >= 0.3 is 0 Å². The summed E-state index contributed by atoms with van der Waals surface area (Å²) in [5, 5.41) is 15.0. The van der Waals surface area contributed by atoms with E-state index >= 15 is 0 Å². The summed E-state index contributed by atoms with van der Waals surface area (Å²) in [6.07, 6.45) is 1.76. The molecule has 3 heterocycles. The normalized spacial score (nSPS) is 12.9. The molecule has 0 bridgehead atoms. The van der Waals surface area contributed by atoms with Crippen molar-refractivity contribution in [3.05, 3.63) is 221 Å². The topological polar surface area (TPSA) is 69.0 Å². The van der Waals surface area contributed by atoms with Crippen molar-refractivity contribution in [2.75, 3.05) is 6.54 Å². The second-order valence-electron chi connectivity index (χ2n) is 14.6. The number of benzene rings is 6. The summed E-state index contributed by atoms with van der Waals surface area (Å²) in [4.78, 5) is 9.32. The molecule has 57 heavy (non-hydrogen) atoms. The van der Waals surface area contributed by atoms with Crippen LogP contribution < -0.4 is 4.74 Å². The number of hydrogen-bond donors (Lipinski definition) is 0. The first-order chi connectivity index (χ1) is 28.2. The number of aromatic nitrogens is 5. The molecule has 8 aromatic rings. The smallest absolute Gasteiger partial charge is 0.205 e. The van der Waals surface area contributed by atoms with E-state index in [1.165, 1.54) is 11.1 Å². The Hall–Kier alpha value is -6.70. The van der Waals surface area contributed by atoms with Gasteiger partial charge in [-0.25, -0.2) is 0 Å². The monoisotopic (exact) mass is 744 g/mol. The minimum atomic E-state index is -0.880. The molecule has 0 amide bonds. The molecule has 1 aliphatic rings. The second kappa shape index (κ2) is 16.2. The highest BCUT2D eigenvalue weighted by Gasteiger charge is 2.41. The van der Waals surface area contributed by atoms with Crippen LogP contribution in [0.2, 0.25) is 0 Å². The zero-order chi connectivity index (χ0) is 38.4. The quantitative estimate of drug-likeness (QED) is 0.116. The Labute approximate surface area is 334 Å². The second-order valence-corrected chi connectivity index (χ2v) is 14.6. The number of pyridine rings is 1. The van der Waals surface area contributed by atoms with Crippen molar-refractivity contribution in [2.24, 2.45) is 0 Å². The van der Waals surface area contributed by atoms with Crippen LogP contribution in [0.3, 0.4) is 0 Å². The zero-order valence-corrected chi connectivity index (χ0v) is 32.1. The average Bonchev–Trinajstić information content (AvgIpc) is 3.78. The van der Waals surface area contributed by atoms with Gasteiger partial charge in [0.1, 0.15) is 12.4 Å². The summed E-state index contributed by atoms with van der Waals surface area (Å²) in [5.41, 5.74) is 10.9. The number of hydrogen-bond acceptors (Lipinski definition) is 6. The molecule has 7 heteroatoms. The zero-order valence-electron chi connectivity index (χ0n) is 32.1. The van der Waals surface area contributed by atoms with Crippen LogP contribution >= 0.6 is 0 Å². The van der Waals surface area contributed by atoms with E-state index < -0.39 is 5.54 Å². The van der Waals surface area contributed by atoms with Gasteiger partial charge in [-0.3, -0.25) is 9.88 Å². The first kappa shape index (κ1) is 36.0. The van der Waals surface area contributed by atoms with Crippen molar-refractivity contribution < 1.29 is 4.74 Å². The molecule has 9 rings (SSSR count). The molecule has 0 saturated heterocycles. The lowest BCUT2D eigenvalue weighted by atomic mass is 9.77.